The second kappa shape index (κ2) is 5.91. The van der Waals surface area contributed by atoms with E-state index in [0.29, 0.717) is 17.1 Å². The Kier molecular flexibility index (Phi) is 3.39. The molecule has 0 bridgehead atoms. The van der Waals surface area contributed by atoms with Gasteiger partial charge in [0.1, 0.15) is 5.75 Å². The maximum absolute atomic E-state index is 6.00. The molecule has 5 aromatic rings. The van der Waals surface area contributed by atoms with Crippen molar-refractivity contribution in [3.8, 4) is 22.9 Å². The van der Waals surface area contributed by atoms with Crippen LogP contribution in [-0.2, 0) is 0 Å². The Hall–Kier alpha value is -3.74. The fraction of sp³-hybridized carbons (Fsp3) is 0.100. The molecule has 132 valence electrons. The fourth-order valence-electron chi connectivity index (χ4n) is 3.31. The molecular weight excluding hydrogens is 340 g/mol. The number of fused-ring (bicyclic) bond motifs is 2. The average Bonchev–Trinajstić information content (AvgIpc) is 3.32. The third-order valence-electron chi connectivity index (χ3n) is 4.60. The highest BCUT2D eigenvalue weighted by Gasteiger charge is 2.13. The van der Waals surface area contributed by atoms with E-state index in [1.807, 2.05) is 37.4 Å². The molecule has 0 aliphatic rings. The van der Waals surface area contributed by atoms with Crippen molar-refractivity contribution in [2.75, 3.05) is 0 Å². The highest BCUT2D eigenvalue weighted by molar-refractivity contribution is 5.79. The van der Waals surface area contributed by atoms with Crippen molar-refractivity contribution in [3.05, 3.63) is 66.6 Å². The molecule has 1 N–H and O–H groups in total. The lowest BCUT2D eigenvalue weighted by Gasteiger charge is -2.13. The van der Waals surface area contributed by atoms with Crippen LogP contribution in [0.2, 0.25) is 0 Å². The van der Waals surface area contributed by atoms with Crippen LogP contribution in [0.3, 0.4) is 0 Å². The number of hydrogen-bond donors (Lipinski definition) is 1. The summed E-state index contributed by atoms with van der Waals surface area (Å²) in [5.74, 6) is 1.19. The van der Waals surface area contributed by atoms with Crippen molar-refractivity contribution in [1.82, 2.24) is 29.3 Å². The first-order valence-corrected chi connectivity index (χ1v) is 8.56. The summed E-state index contributed by atoms with van der Waals surface area (Å²) in [4.78, 5) is 20.5. The Bertz CT molecular complexity index is 1290. The number of ether oxygens (including phenoxy) is 1. The van der Waals surface area contributed by atoms with Gasteiger partial charge in [-0.3, -0.25) is 9.38 Å². The van der Waals surface area contributed by atoms with E-state index in [4.69, 9.17) is 4.74 Å². The Labute approximate surface area is 154 Å². The zero-order chi connectivity index (χ0) is 18.4. The summed E-state index contributed by atoms with van der Waals surface area (Å²) >= 11 is 0. The highest BCUT2D eigenvalue weighted by Crippen LogP contribution is 2.31. The van der Waals surface area contributed by atoms with Gasteiger partial charge in [-0.05, 0) is 43.7 Å². The summed E-state index contributed by atoms with van der Waals surface area (Å²) in [5, 5.41) is 0. The minimum Gasteiger partial charge on any atom is -0.437 e. The SMILES string of the molecule is Cc1cc(Oc2nccc3[nH]cnc23)ccc1-c1c(C)ncc2nccn12. The van der Waals surface area contributed by atoms with Crippen LogP contribution < -0.4 is 4.74 Å². The van der Waals surface area contributed by atoms with Gasteiger partial charge in [-0.1, -0.05) is 0 Å². The Balaban J connectivity index is 1.57. The lowest BCUT2D eigenvalue weighted by molar-refractivity contribution is 0.468. The monoisotopic (exact) mass is 356 g/mol. The normalized spacial score (nSPS) is 11.3. The first-order valence-electron chi connectivity index (χ1n) is 8.56. The standard InChI is InChI=1S/C20H16N6O/c1-12-9-14(27-20-18-16(5-6-22-20)24-11-25-18)3-4-15(12)19-13(2)23-10-17-21-7-8-26(17)19/h3-11H,1-2H3,(H,24,25). The summed E-state index contributed by atoms with van der Waals surface area (Å²) < 4.78 is 8.05. The summed E-state index contributed by atoms with van der Waals surface area (Å²) in [7, 11) is 0. The average molecular weight is 356 g/mol. The number of hydrogen-bond acceptors (Lipinski definition) is 5. The van der Waals surface area contributed by atoms with Crippen LogP contribution in [0.25, 0.3) is 27.9 Å². The van der Waals surface area contributed by atoms with E-state index in [1.165, 1.54) is 0 Å². The first-order chi connectivity index (χ1) is 13.2. The maximum Gasteiger partial charge on any atom is 0.247 e. The molecule has 1 aromatic carbocycles. The molecule has 0 aliphatic heterocycles. The van der Waals surface area contributed by atoms with Crippen LogP contribution in [0.5, 0.6) is 11.6 Å². The number of rotatable bonds is 3. The Morgan fingerprint density at radius 1 is 1.00 bits per heavy atom. The number of imidazole rings is 2. The van der Waals surface area contributed by atoms with Gasteiger partial charge in [-0.15, -0.1) is 0 Å². The fourth-order valence-corrected chi connectivity index (χ4v) is 3.31. The van der Waals surface area contributed by atoms with Crippen molar-refractivity contribution in [3.63, 3.8) is 0 Å². The molecule has 0 radical (unpaired) electrons. The molecule has 0 spiro atoms. The first kappa shape index (κ1) is 15.5. The second-order valence-corrected chi connectivity index (χ2v) is 6.34. The van der Waals surface area contributed by atoms with Crippen LogP contribution in [-0.4, -0.2) is 29.3 Å². The van der Waals surface area contributed by atoms with Gasteiger partial charge in [0, 0.05) is 24.2 Å². The number of H-pyrrole nitrogens is 1. The zero-order valence-corrected chi connectivity index (χ0v) is 14.8. The quantitative estimate of drug-likeness (QED) is 0.527. The molecule has 0 fully saturated rings. The van der Waals surface area contributed by atoms with Gasteiger partial charge in [-0.25, -0.2) is 15.0 Å². The second-order valence-electron chi connectivity index (χ2n) is 6.34. The largest absolute Gasteiger partial charge is 0.437 e. The van der Waals surface area contributed by atoms with E-state index in [0.717, 1.165) is 33.7 Å². The van der Waals surface area contributed by atoms with E-state index in [1.54, 1.807) is 24.9 Å². The van der Waals surface area contributed by atoms with Crippen molar-refractivity contribution in [2.24, 2.45) is 0 Å². The van der Waals surface area contributed by atoms with Crippen molar-refractivity contribution in [1.29, 1.82) is 0 Å². The van der Waals surface area contributed by atoms with E-state index in [9.17, 15) is 0 Å². The van der Waals surface area contributed by atoms with E-state index in [2.05, 4.69) is 36.2 Å². The molecule has 0 amide bonds. The van der Waals surface area contributed by atoms with Crippen LogP contribution in [0.1, 0.15) is 11.3 Å². The van der Waals surface area contributed by atoms with Gasteiger partial charge < -0.3 is 9.72 Å². The molecule has 7 heteroatoms. The van der Waals surface area contributed by atoms with Crippen molar-refractivity contribution >= 4 is 16.7 Å². The van der Waals surface area contributed by atoms with Crippen LogP contribution in [0.4, 0.5) is 0 Å². The Morgan fingerprint density at radius 2 is 1.93 bits per heavy atom. The number of nitrogens with zero attached hydrogens (tertiary/aromatic N) is 5. The number of benzene rings is 1. The summed E-state index contributed by atoms with van der Waals surface area (Å²) in [6.07, 6.45) is 8.84. The van der Waals surface area contributed by atoms with Crippen LogP contribution >= 0.6 is 0 Å². The number of nitrogens with one attached hydrogen (secondary N) is 1. The predicted molar refractivity (Wildman–Crippen MR) is 102 cm³/mol. The Morgan fingerprint density at radius 3 is 2.81 bits per heavy atom. The van der Waals surface area contributed by atoms with Crippen molar-refractivity contribution < 1.29 is 4.74 Å². The molecular formula is C20H16N6O. The molecule has 27 heavy (non-hydrogen) atoms. The van der Waals surface area contributed by atoms with Gasteiger partial charge in [0.15, 0.2) is 11.2 Å². The van der Waals surface area contributed by atoms with Crippen LogP contribution in [0, 0.1) is 13.8 Å². The summed E-state index contributed by atoms with van der Waals surface area (Å²) in [5.41, 5.74) is 6.56. The molecule has 4 aromatic heterocycles. The molecule has 0 aliphatic carbocycles. The number of pyridine rings is 1. The van der Waals surface area contributed by atoms with E-state index >= 15 is 0 Å². The zero-order valence-electron chi connectivity index (χ0n) is 14.8. The maximum atomic E-state index is 6.00. The van der Waals surface area contributed by atoms with Gasteiger partial charge in [0.2, 0.25) is 5.88 Å². The van der Waals surface area contributed by atoms with Gasteiger partial charge in [0.05, 0.1) is 29.4 Å². The third-order valence-corrected chi connectivity index (χ3v) is 4.60. The molecule has 7 nitrogen and oxygen atoms in total. The highest BCUT2D eigenvalue weighted by atomic mass is 16.5. The predicted octanol–water partition coefficient (Wildman–Crippen LogP) is 4.08. The lowest BCUT2D eigenvalue weighted by atomic mass is 10.0. The van der Waals surface area contributed by atoms with E-state index in [-0.39, 0.29) is 0 Å². The van der Waals surface area contributed by atoms with E-state index < -0.39 is 0 Å². The van der Waals surface area contributed by atoms with Gasteiger partial charge >= 0.3 is 0 Å². The molecule has 0 saturated carbocycles. The molecule has 0 saturated heterocycles. The summed E-state index contributed by atoms with van der Waals surface area (Å²) in [6, 6.07) is 7.84. The number of aromatic amines is 1. The number of aryl methyl sites for hydroxylation is 2. The molecule has 0 atom stereocenters. The molecule has 4 heterocycles. The molecule has 0 unspecified atom stereocenters. The van der Waals surface area contributed by atoms with Gasteiger partial charge in [-0.2, -0.15) is 0 Å². The van der Waals surface area contributed by atoms with Crippen molar-refractivity contribution in [2.45, 2.75) is 13.8 Å². The smallest absolute Gasteiger partial charge is 0.247 e. The van der Waals surface area contributed by atoms with Gasteiger partial charge in [0.25, 0.3) is 0 Å². The lowest BCUT2D eigenvalue weighted by Crippen LogP contribution is -1.99. The molecule has 5 rings (SSSR count). The minimum absolute atomic E-state index is 0.482. The van der Waals surface area contributed by atoms with Crippen LogP contribution in [0.15, 0.2) is 55.4 Å². The summed E-state index contributed by atoms with van der Waals surface area (Å²) in [6.45, 7) is 4.06. The minimum atomic E-state index is 0.482. The third kappa shape index (κ3) is 2.52. The topological polar surface area (TPSA) is 81.0 Å². The number of aromatic nitrogens is 6.